The minimum absolute atomic E-state index is 0.327. The molecule has 0 spiro atoms. The van der Waals surface area contributed by atoms with E-state index in [1.165, 1.54) is 7.11 Å². The van der Waals surface area contributed by atoms with Crippen LogP contribution < -0.4 is 5.46 Å². The van der Waals surface area contributed by atoms with Crippen molar-refractivity contribution in [2.45, 2.75) is 0 Å². The van der Waals surface area contributed by atoms with Gasteiger partial charge in [0.05, 0.1) is 10.0 Å². The summed E-state index contributed by atoms with van der Waals surface area (Å²) in [6, 6.07) is 5.00. The van der Waals surface area contributed by atoms with Gasteiger partial charge in [0.2, 0.25) is 0 Å². The molecule has 12 heavy (non-hydrogen) atoms. The molecule has 0 radical (unpaired) electrons. The van der Waals surface area contributed by atoms with Crippen LogP contribution in [0.3, 0.4) is 0 Å². The first-order valence-corrected chi connectivity index (χ1v) is 4.07. The second-order valence-corrected chi connectivity index (χ2v) is 3.02. The highest BCUT2D eigenvalue weighted by atomic mass is 35.5. The van der Waals surface area contributed by atoms with Crippen LogP contribution >= 0.6 is 23.2 Å². The summed E-state index contributed by atoms with van der Waals surface area (Å²) in [6.07, 6.45) is 0. The molecule has 0 saturated heterocycles. The summed E-state index contributed by atoms with van der Waals surface area (Å²) in [5.74, 6) is 0. The van der Waals surface area contributed by atoms with E-state index in [-0.39, 0.29) is 0 Å². The molecular formula is C7H7BCl2O2. The Kier molecular flexibility index (Phi) is 3.41. The van der Waals surface area contributed by atoms with E-state index in [2.05, 4.69) is 4.65 Å². The Morgan fingerprint density at radius 2 is 2.08 bits per heavy atom. The maximum atomic E-state index is 9.27. The first kappa shape index (κ1) is 9.87. The molecular weight excluding hydrogens is 198 g/mol. The van der Waals surface area contributed by atoms with E-state index in [0.29, 0.717) is 15.5 Å². The highest BCUT2D eigenvalue weighted by Gasteiger charge is 2.18. The average Bonchev–Trinajstić information content (AvgIpc) is 2.08. The van der Waals surface area contributed by atoms with Crippen LogP contribution in [0.1, 0.15) is 0 Å². The molecule has 1 aromatic carbocycles. The molecule has 0 heterocycles. The zero-order valence-electron chi connectivity index (χ0n) is 6.42. The first-order chi connectivity index (χ1) is 5.66. The number of rotatable bonds is 2. The van der Waals surface area contributed by atoms with Crippen LogP contribution in [-0.2, 0) is 4.65 Å². The fourth-order valence-electron chi connectivity index (χ4n) is 0.838. The fraction of sp³-hybridized carbons (Fsp3) is 0.143. The Hall–Kier alpha value is -0.215. The normalized spacial score (nSPS) is 10.0. The lowest BCUT2D eigenvalue weighted by atomic mass is 9.80. The van der Waals surface area contributed by atoms with Gasteiger partial charge in [0, 0.05) is 12.6 Å². The van der Waals surface area contributed by atoms with Gasteiger partial charge in [-0.25, -0.2) is 0 Å². The summed E-state index contributed by atoms with van der Waals surface area (Å²) in [5.41, 5.74) is 0.478. The van der Waals surface area contributed by atoms with Gasteiger partial charge in [0.1, 0.15) is 0 Å². The summed E-state index contributed by atoms with van der Waals surface area (Å²) >= 11 is 11.5. The third-order valence-corrected chi connectivity index (χ3v) is 2.30. The number of hydrogen-bond donors (Lipinski definition) is 1. The number of halogens is 2. The smallest absolute Gasteiger partial charge is 0.423 e. The van der Waals surface area contributed by atoms with E-state index < -0.39 is 7.12 Å². The lowest BCUT2D eigenvalue weighted by Crippen LogP contribution is -2.33. The summed E-state index contributed by atoms with van der Waals surface area (Å²) in [7, 11) is 0.373. The van der Waals surface area contributed by atoms with E-state index in [1.54, 1.807) is 18.2 Å². The largest absolute Gasteiger partial charge is 0.492 e. The van der Waals surface area contributed by atoms with Crippen molar-refractivity contribution in [1.82, 2.24) is 0 Å². The zero-order valence-corrected chi connectivity index (χ0v) is 7.93. The van der Waals surface area contributed by atoms with Crippen LogP contribution in [0, 0.1) is 0 Å². The number of hydrogen-bond acceptors (Lipinski definition) is 2. The van der Waals surface area contributed by atoms with Crippen LogP contribution in [0.2, 0.25) is 10.0 Å². The van der Waals surface area contributed by atoms with Crippen LogP contribution in [-0.4, -0.2) is 19.3 Å². The summed E-state index contributed by atoms with van der Waals surface area (Å²) in [5, 5.41) is 10.0. The summed E-state index contributed by atoms with van der Waals surface area (Å²) in [6.45, 7) is 0. The molecule has 0 bridgehead atoms. The maximum absolute atomic E-state index is 9.27. The van der Waals surface area contributed by atoms with Gasteiger partial charge in [-0.05, 0) is 6.07 Å². The lowest BCUT2D eigenvalue weighted by Gasteiger charge is -2.06. The quantitative estimate of drug-likeness (QED) is 0.737. The molecule has 0 amide bonds. The van der Waals surface area contributed by atoms with Crippen LogP contribution in [0.15, 0.2) is 18.2 Å². The van der Waals surface area contributed by atoms with Crippen LogP contribution in [0.4, 0.5) is 0 Å². The zero-order chi connectivity index (χ0) is 9.14. The highest BCUT2D eigenvalue weighted by Crippen LogP contribution is 2.18. The van der Waals surface area contributed by atoms with Crippen molar-refractivity contribution < 1.29 is 9.68 Å². The molecule has 2 nitrogen and oxygen atoms in total. The van der Waals surface area contributed by atoms with Crippen molar-refractivity contribution in [3.05, 3.63) is 28.2 Å². The molecule has 0 fully saturated rings. The van der Waals surface area contributed by atoms with Crippen molar-refractivity contribution in [3.8, 4) is 0 Å². The minimum atomic E-state index is -1.02. The Balaban J connectivity index is 3.07. The molecule has 0 aromatic heterocycles. The second kappa shape index (κ2) is 4.14. The summed E-state index contributed by atoms with van der Waals surface area (Å²) in [4.78, 5) is 0. The Morgan fingerprint density at radius 1 is 1.42 bits per heavy atom. The van der Waals surface area contributed by atoms with Crippen molar-refractivity contribution in [1.29, 1.82) is 0 Å². The van der Waals surface area contributed by atoms with Gasteiger partial charge in [-0.15, -0.1) is 0 Å². The first-order valence-electron chi connectivity index (χ1n) is 3.31. The molecule has 5 heteroatoms. The molecule has 0 aliphatic carbocycles. The Bertz CT molecular complexity index is 280. The maximum Gasteiger partial charge on any atom is 0.492 e. The molecule has 0 atom stereocenters. The van der Waals surface area contributed by atoms with Crippen molar-refractivity contribution in [2.24, 2.45) is 0 Å². The van der Waals surface area contributed by atoms with Crippen molar-refractivity contribution >= 4 is 35.8 Å². The van der Waals surface area contributed by atoms with E-state index >= 15 is 0 Å². The average molecular weight is 205 g/mol. The molecule has 1 rings (SSSR count). The molecule has 1 N–H and O–H groups in total. The van der Waals surface area contributed by atoms with Crippen molar-refractivity contribution in [2.75, 3.05) is 7.11 Å². The van der Waals surface area contributed by atoms with E-state index in [4.69, 9.17) is 23.2 Å². The fourth-order valence-corrected chi connectivity index (χ4v) is 1.24. The molecule has 64 valence electrons. The van der Waals surface area contributed by atoms with Crippen LogP contribution in [0.25, 0.3) is 0 Å². The molecule has 0 aliphatic heterocycles. The van der Waals surface area contributed by atoms with Gasteiger partial charge < -0.3 is 9.68 Å². The number of benzene rings is 1. The molecule has 0 saturated carbocycles. The van der Waals surface area contributed by atoms with Gasteiger partial charge in [-0.2, -0.15) is 0 Å². The molecule has 0 aliphatic rings. The second-order valence-electron chi connectivity index (χ2n) is 2.23. The Labute approximate surface area is 81.2 Å². The van der Waals surface area contributed by atoms with E-state index in [0.717, 1.165) is 0 Å². The Morgan fingerprint density at radius 3 is 2.67 bits per heavy atom. The standard InChI is InChI=1S/C7H7BCl2O2/c1-12-8(11)5-3-2-4-6(9)7(5)10/h2-4,11H,1H3. The highest BCUT2D eigenvalue weighted by molar-refractivity contribution is 6.65. The topological polar surface area (TPSA) is 29.5 Å². The lowest BCUT2D eigenvalue weighted by molar-refractivity contribution is 0.341. The predicted octanol–water partition coefficient (Wildman–Crippen LogP) is 1.33. The third-order valence-electron chi connectivity index (χ3n) is 1.47. The van der Waals surface area contributed by atoms with Crippen molar-refractivity contribution in [3.63, 3.8) is 0 Å². The van der Waals surface area contributed by atoms with Gasteiger partial charge >= 0.3 is 7.12 Å². The molecule has 1 aromatic rings. The monoisotopic (exact) mass is 204 g/mol. The molecule has 0 unspecified atom stereocenters. The van der Waals surface area contributed by atoms with Gasteiger partial charge in [0.25, 0.3) is 0 Å². The van der Waals surface area contributed by atoms with Gasteiger partial charge in [-0.3, -0.25) is 0 Å². The summed E-state index contributed by atoms with van der Waals surface area (Å²) < 4.78 is 4.68. The third kappa shape index (κ3) is 1.93. The minimum Gasteiger partial charge on any atom is -0.423 e. The predicted molar refractivity (Wildman–Crippen MR) is 51.1 cm³/mol. The van der Waals surface area contributed by atoms with E-state index in [9.17, 15) is 5.02 Å². The van der Waals surface area contributed by atoms with E-state index in [1.807, 2.05) is 0 Å². The SMILES string of the molecule is COB(O)c1cccc(Cl)c1Cl. The van der Waals surface area contributed by atoms with Gasteiger partial charge in [-0.1, -0.05) is 35.3 Å². The van der Waals surface area contributed by atoms with Gasteiger partial charge in [0.15, 0.2) is 0 Å². The van der Waals surface area contributed by atoms with Crippen LogP contribution in [0.5, 0.6) is 0 Å².